The molecule has 6 heteroatoms. The molecule has 0 atom stereocenters. The van der Waals surface area contributed by atoms with Crippen molar-refractivity contribution in [2.24, 2.45) is 0 Å². The van der Waals surface area contributed by atoms with Crippen LogP contribution in [0, 0.1) is 11.6 Å². The van der Waals surface area contributed by atoms with Crippen molar-refractivity contribution in [2.45, 2.75) is 6.92 Å². The van der Waals surface area contributed by atoms with Gasteiger partial charge in [0.05, 0.1) is 0 Å². The van der Waals surface area contributed by atoms with Crippen LogP contribution in [0.4, 0.5) is 14.5 Å². The van der Waals surface area contributed by atoms with Crippen LogP contribution in [-0.2, 0) is 4.79 Å². The van der Waals surface area contributed by atoms with Gasteiger partial charge in [-0.15, -0.1) is 0 Å². The van der Waals surface area contributed by atoms with E-state index in [4.69, 9.17) is 9.47 Å². The maximum Gasteiger partial charge on any atom is 0.221 e. The topological polar surface area (TPSA) is 47.6 Å². The van der Waals surface area contributed by atoms with Gasteiger partial charge in [-0.1, -0.05) is 12.1 Å². The number of ether oxygens (including phenoxy) is 2. The van der Waals surface area contributed by atoms with Crippen LogP contribution in [0.3, 0.4) is 0 Å². The first kappa shape index (κ1) is 19.4. The van der Waals surface area contributed by atoms with E-state index >= 15 is 0 Å². The van der Waals surface area contributed by atoms with Gasteiger partial charge in [-0.25, -0.2) is 8.78 Å². The molecule has 0 unspecified atom stereocenters. The van der Waals surface area contributed by atoms with Crippen LogP contribution in [0.5, 0.6) is 11.5 Å². The number of amides is 1. The van der Waals surface area contributed by atoms with Crippen molar-refractivity contribution in [2.75, 3.05) is 18.5 Å². The Balaban J connectivity index is 1.48. The van der Waals surface area contributed by atoms with Gasteiger partial charge in [0.2, 0.25) is 5.91 Å². The fourth-order valence-corrected chi connectivity index (χ4v) is 2.61. The van der Waals surface area contributed by atoms with Crippen LogP contribution >= 0.6 is 0 Å². The number of carbonyl (C=O) groups is 1. The van der Waals surface area contributed by atoms with E-state index in [1.165, 1.54) is 19.1 Å². The van der Waals surface area contributed by atoms with E-state index in [-0.39, 0.29) is 5.91 Å². The standard InChI is InChI=1S/C22H19F2NO3/c1-15(26)25-18-5-9-20(10-6-18)28-13-12-27-19-7-2-16(3-8-19)21-11-4-17(23)14-22(21)24/h2-11,14H,12-13H2,1H3,(H,25,26). The molecular weight excluding hydrogens is 364 g/mol. The first-order valence-corrected chi connectivity index (χ1v) is 8.70. The van der Waals surface area contributed by atoms with Crippen LogP contribution in [0.1, 0.15) is 6.92 Å². The van der Waals surface area contributed by atoms with Gasteiger partial charge in [-0.3, -0.25) is 4.79 Å². The Hall–Kier alpha value is -3.41. The number of nitrogens with one attached hydrogen (secondary N) is 1. The Morgan fingerprint density at radius 2 is 1.43 bits per heavy atom. The van der Waals surface area contributed by atoms with Gasteiger partial charge >= 0.3 is 0 Å². The minimum atomic E-state index is -0.606. The lowest BCUT2D eigenvalue weighted by Crippen LogP contribution is -2.09. The van der Waals surface area contributed by atoms with Gasteiger partial charge < -0.3 is 14.8 Å². The van der Waals surface area contributed by atoms with E-state index in [0.29, 0.717) is 41.5 Å². The molecule has 0 spiro atoms. The number of hydrogen-bond donors (Lipinski definition) is 1. The van der Waals surface area contributed by atoms with Crippen LogP contribution in [-0.4, -0.2) is 19.1 Å². The van der Waals surface area contributed by atoms with Gasteiger partial charge in [0, 0.05) is 24.2 Å². The minimum absolute atomic E-state index is 0.129. The molecule has 144 valence electrons. The second-order valence-corrected chi connectivity index (χ2v) is 6.05. The average Bonchev–Trinajstić information content (AvgIpc) is 2.67. The zero-order valence-corrected chi connectivity index (χ0v) is 15.2. The predicted octanol–water partition coefficient (Wildman–Crippen LogP) is 5.05. The average molecular weight is 383 g/mol. The van der Waals surface area contributed by atoms with Gasteiger partial charge in [0.1, 0.15) is 36.3 Å². The molecule has 0 aromatic heterocycles. The largest absolute Gasteiger partial charge is 0.490 e. The van der Waals surface area contributed by atoms with Crippen molar-refractivity contribution in [3.8, 4) is 22.6 Å². The number of halogens is 2. The summed E-state index contributed by atoms with van der Waals surface area (Å²) in [6.45, 7) is 2.12. The highest BCUT2D eigenvalue weighted by Crippen LogP contribution is 2.25. The summed E-state index contributed by atoms with van der Waals surface area (Å²) in [6.07, 6.45) is 0. The molecule has 3 rings (SSSR count). The lowest BCUT2D eigenvalue weighted by atomic mass is 10.1. The van der Waals surface area contributed by atoms with E-state index in [0.717, 1.165) is 6.07 Å². The van der Waals surface area contributed by atoms with E-state index < -0.39 is 11.6 Å². The summed E-state index contributed by atoms with van der Waals surface area (Å²) in [5.41, 5.74) is 1.67. The molecule has 28 heavy (non-hydrogen) atoms. The van der Waals surface area contributed by atoms with Crippen molar-refractivity contribution in [3.05, 3.63) is 78.4 Å². The van der Waals surface area contributed by atoms with Gasteiger partial charge in [0.15, 0.2) is 0 Å². The molecule has 0 aliphatic rings. The van der Waals surface area contributed by atoms with Gasteiger partial charge in [-0.05, 0) is 54.1 Å². The zero-order chi connectivity index (χ0) is 19.9. The third-order valence-corrected chi connectivity index (χ3v) is 3.89. The summed E-state index contributed by atoms with van der Waals surface area (Å²) < 4.78 is 38.0. The fraction of sp³-hybridized carbons (Fsp3) is 0.136. The molecule has 0 aliphatic heterocycles. The zero-order valence-electron chi connectivity index (χ0n) is 15.2. The van der Waals surface area contributed by atoms with Crippen molar-refractivity contribution in [3.63, 3.8) is 0 Å². The highest BCUT2D eigenvalue weighted by molar-refractivity contribution is 5.88. The van der Waals surface area contributed by atoms with E-state index in [2.05, 4.69) is 5.32 Å². The summed E-state index contributed by atoms with van der Waals surface area (Å²) >= 11 is 0. The van der Waals surface area contributed by atoms with E-state index in [9.17, 15) is 13.6 Å². The number of rotatable bonds is 7. The molecule has 0 saturated carbocycles. The summed E-state index contributed by atoms with van der Waals surface area (Å²) in [4.78, 5) is 11.0. The molecule has 3 aromatic carbocycles. The Labute approximate surface area is 161 Å². The fourth-order valence-electron chi connectivity index (χ4n) is 2.61. The summed E-state index contributed by atoms with van der Waals surface area (Å²) in [6, 6.07) is 17.4. The first-order chi connectivity index (χ1) is 13.5. The first-order valence-electron chi connectivity index (χ1n) is 8.70. The second kappa shape index (κ2) is 8.99. The molecule has 0 radical (unpaired) electrons. The Kier molecular flexibility index (Phi) is 6.22. The smallest absolute Gasteiger partial charge is 0.221 e. The van der Waals surface area contributed by atoms with Crippen LogP contribution < -0.4 is 14.8 Å². The maximum atomic E-state index is 13.8. The predicted molar refractivity (Wildman–Crippen MR) is 104 cm³/mol. The van der Waals surface area contributed by atoms with Crippen molar-refractivity contribution in [1.82, 2.24) is 0 Å². The number of anilines is 1. The Morgan fingerprint density at radius 1 is 0.857 bits per heavy atom. The molecule has 0 aliphatic carbocycles. The van der Waals surface area contributed by atoms with Crippen LogP contribution in [0.2, 0.25) is 0 Å². The third-order valence-electron chi connectivity index (χ3n) is 3.89. The van der Waals surface area contributed by atoms with Crippen molar-refractivity contribution in [1.29, 1.82) is 0 Å². The molecule has 0 bridgehead atoms. The molecular formula is C22H19F2NO3. The van der Waals surface area contributed by atoms with Crippen molar-refractivity contribution >= 4 is 11.6 Å². The number of carbonyl (C=O) groups excluding carboxylic acids is 1. The molecule has 4 nitrogen and oxygen atoms in total. The SMILES string of the molecule is CC(=O)Nc1ccc(OCCOc2ccc(-c3ccc(F)cc3F)cc2)cc1. The normalized spacial score (nSPS) is 10.4. The van der Waals surface area contributed by atoms with Crippen LogP contribution in [0.15, 0.2) is 66.7 Å². The van der Waals surface area contributed by atoms with E-state index in [1.54, 1.807) is 48.5 Å². The van der Waals surface area contributed by atoms with Gasteiger partial charge in [-0.2, -0.15) is 0 Å². The van der Waals surface area contributed by atoms with E-state index in [1.807, 2.05) is 0 Å². The quantitative estimate of drug-likeness (QED) is 0.581. The summed E-state index contributed by atoms with van der Waals surface area (Å²) in [5.74, 6) is -0.0523. The number of hydrogen-bond acceptors (Lipinski definition) is 3. The molecule has 0 saturated heterocycles. The monoisotopic (exact) mass is 383 g/mol. The number of benzene rings is 3. The second-order valence-electron chi connectivity index (χ2n) is 6.05. The van der Waals surface area contributed by atoms with Crippen LogP contribution in [0.25, 0.3) is 11.1 Å². The highest BCUT2D eigenvalue weighted by atomic mass is 19.1. The molecule has 1 amide bonds. The van der Waals surface area contributed by atoms with Gasteiger partial charge in [0.25, 0.3) is 0 Å². The highest BCUT2D eigenvalue weighted by Gasteiger charge is 2.06. The molecule has 0 heterocycles. The lowest BCUT2D eigenvalue weighted by Gasteiger charge is -2.10. The molecule has 1 N–H and O–H groups in total. The third kappa shape index (κ3) is 5.30. The molecule has 3 aromatic rings. The summed E-state index contributed by atoms with van der Waals surface area (Å²) in [7, 11) is 0. The Morgan fingerprint density at radius 3 is 1.96 bits per heavy atom. The summed E-state index contributed by atoms with van der Waals surface area (Å²) in [5, 5.41) is 2.68. The Bertz CT molecular complexity index is 941. The lowest BCUT2D eigenvalue weighted by molar-refractivity contribution is -0.114. The minimum Gasteiger partial charge on any atom is -0.490 e. The van der Waals surface area contributed by atoms with Crippen molar-refractivity contribution < 1.29 is 23.0 Å². The molecule has 0 fully saturated rings. The maximum absolute atomic E-state index is 13.8.